The minimum Gasteiger partial charge on any atom is -0.355 e. The molecule has 0 fully saturated rings. The predicted molar refractivity (Wildman–Crippen MR) is 48.6 cm³/mol. The molecule has 12 heavy (non-hydrogen) atoms. The van der Waals surface area contributed by atoms with Crippen LogP contribution in [0.1, 0.15) is 13.3 Å². The molecule has 0 aliphatic carbocycles. The SMILES string of the molecule is C#CC(CC)Nc1cnccn1. The van der Waals surface area contributed by atoms with Crippen LogP contribution in [0.15, 0.2) is 18.6 Å². The molecular weight excluding hydrogens is 150 g/mol. The number of terminal acetylenes is 1. The summed E-state index contributed by atoms with van der Waals surface area (Å²) < 4.78 is 0. The molecule has 0 aliphatic rings. The van der Waals surface area contributed by atoms with E-state index in [0.29, 0.717) is 0 Å². The maximum Gasteiger partial charge on any atom is 0.145 e. The van der Waals surface area contributed by atoms with E-state index in [4.69, 9.17) is 6.42 Å². The maximum absolute atomic E-state index is 5.27. The molecule has 0 aliphatic heterocycles. The van der Waals surface area contributed by atoms with E-state index in [-0.39, 0.29) is 6.04 Å². The molecule has 1 aromatic rings. The molecule has 1 atom stereocenters. The number of anilines is 1. The molecule has 1 N–H and O–H groups in total. The van der Waals surface area contributed by atoms with Crippen LogP contribution in [-0.4, -0.2) is 16.0 Å². The minimum absolute atomic E-state index is 0.0432. The molecule has 1 aromatic heterocycles. The molecule has 3 heteroatoms. The molecule has 0 amide bonds. The van der Waals surface area contributed by atoms with E-state index in [1.54, 1.807) is 18.6 Å². The Morgan fingerprint density at radius 3 is 3.00 bits per heavy atom. The van der Waals surface area contributed by atoms with E-state index in [9.17, 15) is 0 Å². The first kappa shape index (κ1) is 8.54. The van der Waals surface area contributed by atoms with Crippen molar-refractivity contribution in [1.82, 2.24) is 9.97 Å². The van der Waals surface area contributed by atoms with Gasteiger partial charge in [-0.1, -0.05) is 12.8 Å². The standard InChI is InChI=1S/C9H11N3/c1-3-8(4-2)12-9-7-10-5-6-11-9/h1,5-8H,4H2,2H3,(H,11,12). The third-order valence-electron chi connectivity index (χ3n) is 1.49. The van der Waals surface area contributed by atoms with Gasteiger partial charge in [0.15, 0.2) is 0 Å². The molecule has 1 unspecified atom stereocenters. The second kappa shape index (κ2) is 4.35. The minimum atomic E-state index is 0.0432. The predicted octanol–water partition coefficient (Wildman–Crippen LogP) is 1.30. The zero-order valence-electron chi connectivity index (χ0n) is 6.99. The Morgan fingerprint density at radius 2 is 2.50 bits per heavy atom. The highest BCUT2D eigenvalue weighted by Crippen LogP contribution is 2.01. The molecule has 62 valence electrons. The average molecular weight is 161 g/mol. The van der Waals surface area contributed by atoms with Crippen LogP contribution in [0, 0.1) is 12.3 Å². The van der Waals surface area contributed by atoms with Crippen LogP contribution in [0.5, 0.6) is 0 Å². The zero-order chi connectivity index (χ0) is 8.81. The van der Waals surface area contributed by atoms with Crippen LogP contribution in [0.3, 0.4) is 0 Å². The van der Waals surface area contributed by atoms with E-state index in [1.165, 1.54) is 0 Å². The van der Waals surface area contributed by atoms with E-state index >= 15 is 0 Å². The summed E-state index contributed by atoms with van der Waals surface area (Å²) in [4.78, 5) is 7.96. The van der Waals surface area contributed by atoms with Crippen LogP contribution < -0.4 is 5.32 Å². The molecule has 0 saturated carbocycles. The van der Waals surface area contributed by atoms with Gasteiger partial charge in [-0.2, -0.15) is 0 Å². The van der Waals surface area contributed by atoms with Gasteiger partial charge in [0.1, 0.15) is 5.82 Å². The fourth-order valence-corrected chi connectivity index (χ4v) is 0.814. The van der Waals surface area contributed by atoms with Gasteiger partial charge in [-0.15, -0.1) is 6.42 Å². The van der Waals surface area contributed by atoms with Gasteiger partial charge in [-0.3, -0.25) is 4.98 Å². The molecule has 0 radical (unpaired) electrons. The fourth-order valence-electron chi connectivity index (χ4n) is 0.814. The topological polar surface area (TPSA) is 37.8 Å². The Kier molecular flexibility index (Phi) is 3.09. The molecule has 0 bridgehead atoms. The van der Waals surface area contributed by atoms with Crippen LogP contribution in [0.25, 0.3) is 0 Å². The van der Waals surface area contributed by atoms with Crippen LogP contribution in [0.2, 0.25) is 0 Å². The Balaban J connectivity index is 2.58. The third-order valence-corrected chi connectivity index (χ3v) is 1.49. The number of rotatable bonds is 3. The largest absolute Gasteiger partial charge is 0.355 e. The molecule has 1 rings (SSSR count). The maximum atomic E-state index is 5.27. The molecule has 1 heterocycles. The van der Waals surface area contributed by atoms with E-state index in [0.717, 1.165) is 12.2 Å². The zero-order valence-corrected chi connectivity index (χ0v) is 6.99. The number of nitrogens with zero attached hydrogens (tertiary/aromatic N) is 2. The second-order valence-corrected chi connectivity index (χ2v) is 2.36. The van der Waals surface area contributed by atoms with Crippen LogP contribution in [-0.2, 0) is 0 Å². The van der Waals surface area contributed by atoms with Gasteiger partial charge >= 0.3 is 0 Å². The third kappa shape index (κ3) is 2.24. The molecular formula is C9H11N3. The Bertz CT molecular complexity index is 263. The lowest BCUT2D eigenvalue weighted by molar-refractivity contribution is 0.849. The van der Waals surface area contributed by atoms with Crippen molar-refractivity contribution in [2.24, 2.45) is 0 Å². The van der Waals surface area contributed by atoms with Crippen LogP contribution in [0.4, 0.5) is 5.82 Å². The van der Waals surface area contributed by atoms with Crippen molar-refractivity contribution in [2.75, 3.05) is 5.32 Å². The normalized spacial score (nSPS) is 11.7. The number of hydrogen-bond donors (Lipinski definition) is 1. The van der Waals surface area contributed by atoms with Crippen molar-refractivity contribution in [1.29, 1.82) is 0 Å². The van der Waals surface area contributed by atoms with Crippen molar-refractivity contribution >= 4 is 5.82 Å². The van der Waals surface area contributed by atoms with Crippen molar-refractivity contribution in [3.63, 3.8) is 0 Å². The van der Waals surface area contributed by atoms with E-state index in [2.05, 4.69) is 21.2 Å². The summed E-state index contributed by atoms with van der Waals surface area (Å²) >= 11 is 0. The first-order valence-corrected chi connectivity index (χ1v) is 3.85. The highest BCUT2D eigenvalue weighted by molar-refractivity contribution is 5.34. The molecule has 0 saturated heterocycles. The van der Waals surface area contributed by atoms with Gasteiger partial charge in [-0.25, -0.2) is 4.98 Å². The Labute approximate surface area is 72.2 Å². The van der Waals surface area contributed by atoms with Gasteiger partial charge < -0.3 is 5.32 Å². The van der Waals surface area contributed by atoms with Crippen molar-refractivity contribution in [3.05, 3.63) is 18.6 Å². The summed E-state index contributed by atoms with van der Waals surface area (Å²) in [5.74, 6) is 3.35. The molecule has 0 spiro atoms. The smallest absolute Gasteiger partial charge is 0.145 e. The summed E-state index contributed by atoms with van der Waals surface area (Å²) in [5.41, 5.74) is 0. The number of nitrogens with one attached hydrogen (secondary N) is 1. The van der Waals surface area contributed by atoms with E-state index < -0.39 is 0 Å². The monoisotopic (exact) mass is 161 g/mol. The van der Waals surface area contributed by atoms with Gasteiger partial charge in [0.05, 0.1) is 12.2 Å². The number of aromatic nitrogens is 2. The van der Waals surface area contributed by atoms with Gasteiger partial charge in [-0.05, 0) is 6.42 Å². The lowest BCUT2D eigenvalue weighted by atomic mass is 10.2. The quantitative estimate of drug-likeness (QED) is 0.679. The van der Waals surface area contributed by atoms with Crippen LogP contribution >= 0.6 is 0 Å². The summed E-state index contributed by atoms with van der Waals surface area (Å²) in [6.45, 7) is 2.02. The number of hydrogen-bond acceptors (Lipinski definition) is 3. The highest BCUT2D eigenvalue weighted by Gasteiger charge is 2.00. The van der Waals surface area contributed by atoms with Gasteiger partial charge in [0.25, 0.3) is 0 Å². The fraction of sp³-hybridized carbons (Fsp3) is 0.333. The lowest BCUT2D eigenvalue weighted by Crippen LogP contribution is -2.16. The van der Waals surface area contributed by atoms with Crippen molar-refractivity contribution < 1.29 is 0 Å². The first-order valence-electron chi connectivity index (χ1n) is 3.85. The van der Waals surface area contributed by atoms with Gasteiger partial charge in [0, 0.05) is 12.4 Å². The van der Waals surface area contributed by atoms with Crippen molar-refractivity contribution in [3.8, 4) is 12.3 Å². The summed E-state index contributed by atoms with van der Waals surface area (Å²) in [6, 6.07) is 0.0432. The van der Waals surface area contributed by atoms with E-state index in [1.807, 2.05) is 6.92 Å². The summed E-state index contributed by atoms with van der Waals surface area (Å²) in [5, 5.41) is 3.07. The first-order chi connectivity index (χ1) is 5.86. The Morgan fingerprint density at radius 1 is 1.67 bits per heavy atom. The Hall–Kier alpha value is -1.56. The average Bonchev–Trinajstić information content (AvgIpc) is 2.16. The summed E-state index contributed by atoms with van der Waals surface area (Å²) in [6.07, 6.45) is 11.1. The highest BCUT2D eigenvalue weighted by atomic mass is 15.0. The summed E-state index contributed by atoms with van der Waals surface area (Å²) in [7, 11) is 0. The van der Waals surface area contributed by atoms with Crippen molar-refractivity contribution in [2.45, 2.75) is 19.4 Å². The molecule has 3 nitrogen and oxygen atoms in total. The molecule has 0 aromatic carbocycles. The van der Waals surface area contributed by atoms with Gasteiger partial charge in [0.2, 0.25) is 0 Å². The lowest BCUT2D eigenvalue weighted by Gasteiger charge is -2.09. The second-order valence-electron chi connectivity index (χ2n) is 2.36.